The summed E-state index contributed by atoms with van der Waals surface area (Å²) >= 11 is 0. The molecule has 1 amide bonds. The summed E-state index contributed by atoms with van der Waals surface area (Å²) in [7, 11) is 3.01. The van der Waals surface area contributed by atoms with Crippen LogP contribution >= 0.6 is 0 Å². The quantitative estimate of drug-likeness (QED) is 0.869. The Kier molecular flexibility index (Phi) is 5.57. The van der Waals surface area contributed by atoms with Gasteiger partial charge in [-0.05, 0) is 43.3 Å². The number of carbonyl (C=O) groups excluding carboxylic acids is 1. The van der Waals surface area contributed by atoms with Gasteiger partial charge in [0.25, 0.3) is 5.91 Å². The van der Waals surface area contributed by atoms with Crippen LogP contribution in [0.2, 0.25) is 0 Å². The van der Waals surface area contributed by atoms with Crippen molar-refractivity contribution in [3.8, 4) is 17.2 Å². The minimum atomic E-state index is -2.89. The van der Waals surface area contributed by atoms with Crippen LogP contribution in [0.3, 0.4) is 0 Å². The fourth-order valence-corrected chi connectivity index (χ4v) is 2.14. The van der Waals surface area contributed by atoms with E-state index >= 15 is 0 Å². The van der Waals surface area contributed by atoms with Crippen LogP contribution in [0, 0.1) is 6.92 Å². The fraction of sp³-hybridized carbons (Fsp3) is 0.235. The van der Waals surface area contributed by atoms with Gasteiger partial charge in [-0.1, -0.05) is 0 Å². The lowest BCUT2D eigenvalue weighted by Crippen LogP contribution is -2.12. The standard InChI is InChI=1S/C17H17F2NO4/c1-10-14(22-2)8-11(9-15(10)23-3)16(21)20-12-4-6-13(7-5-12)24-17(18)19/h4-9,17H,1-3H3,(H,20,21). The molecule has 0 aliphatic heterocycles. The summed E-state index contributed by atoms with van der Waals surface area (Å²) in [4.78, 5) is 12.4. The van der Waals surface area contributed by atoms with E-state index in [0.29, 0.717) is 22.7 Å². The molecule has 0 radical (unpaired) electrons. The molecule has 0 saturated heterocycles. The number of benzene rings is 2. The van der Waals surface area contributed by atoms with Gasteiger partial charge in [-0.2, -0.15) is 8.78 Å². The van der Waals surface area contributed by atoms with Gasteiger partial charge in [0, 0.05) is 16.8 Å². The maximum absolute atomic E-state index is 12.4. The molecule has 0 heterocycles. The Morgan fingerprint density at radius 3 is 2.04 bits per heavy atom. The molecule has 0 bridgehead atoms. The molecule has 2 aromatic carbocycles. The number of anilines is 1. The maximum atomic E-state index is 12.4. The number of amides is 1. The lowest BCUT2D eigenvalue weighted by molar-refractivity contribution is -0.0498. The molecular formula is C17H17F2NO4. The second-order valence-corrected chi connectivity index (χ2v) is 4.86. The molecular weight excluding hydrogens is 320 g/mol. The Labute approximate surface area is 138 Å². The first-order valence-corrected chi connectivity index (χ1v) is 7.03. The Morgan fingerprint density at radius 2 is 1.58 bits per heavy atom. The van der Waals surface area contributed by atoms with Gasteiger partial charge in [-0.3, -0.25) is 4.79 Å². The smallest absolute Gasteiger partial charge is 0.387 e. The van der Waals surface area contributed by atoms with Crippen LogP contribution in [0.1, 0.15) is 15.9 Å². The Balaban J connectivity index is 2.17. The van der Waals surface area contributed by atoms with Crippen LogP contribution in [0.15, 0.2) is 36.4 Å². The van der Waals surface area contributed by atoms with E-state index in [4.69, 9.17) is 9.47 Å². The van der Waals surface area contributed by atoms with Gasteiger partial charge in [-0.25, -0.2) is 0 Å². The van der Waals surface area contributed by atoms with Crippen molar-refractivity contribution in [2.45, 2.75) is 13.5 Å². The lowest BCUT2D eigenvalue weighted by Gasteiger charge is -2.13. The largest absolute Gasteiger partial charge is 0.496 e. The number of carbonyl (C=O) groups is 1. The highest BCUT2D eigenvalue weighted by atomic mass is 19.3. The van der Waals surface area contributed by atoms with E-state index < -0.39 is 6.61 Å². The highest BCUT2D eigenvalue weighted by Gasteiger charge is 2.14. The van der Waals surface area contributed by atoms with Crippen LogP contribution in [-0.2, 0) is 0 Å². The number of nitrogens with one attached hydrogen (secondary N) is 1. The summed E-state index contributed by atoms with van der Waals surface area (Å²) in [6.07, 6.45) is 0. The molecule has 0 fully saturated rings. The first kappa shape index (κ1) is 17.5. The summed E-state index contributed by atoms with van der Waals surface area (Å²) < 4.78 is 38.9. The van der Waals surface area contributed by atoms with Crippen molar-refractivity contribution in [3.05, 3.63) is 47.5 Å². The second kappa shape index (κ2) is 7.63. The van der Waals surface area contributed by atoms with Crippen molar-refractivity contribution in [2.75, 3.05) is 19.5 Å². The average Bonchev–Trinajstić information content (AvgIpc) is 2.56. The van der Waals surface area contributed by atoms with Gasteiger partial charge >= 0.3 is 6.61 Å². The van der Waals surface area contributed by atoms with Crippen molar-refractivity contribution in [1.29, 1.82) is 0 Å². The van der Waals surface area contributed by atoms with Crippen LogP contribution < -0.4 is 19.5 Å². The van der Waals surface area contributed by atoms with E-state index in [9.17, 15) is 13.6 Å². The van der Waals surface area contributed by atoms with E-state index in [1.807, 2.05) is 6.92 Å². The lowest BCUT2D eigenvalue weighted by atomic mass is 10.1. The summed E-state index contributed by atoms with van der Waals surface area (Å²) in [5.41, 5.74) is 1.58. The average molecular weight is 337 g/mol. The van der Waals surface area contributed by atoms with E-state index in [1.54, 1.807) is 12.1 Å². The third-order valence-electron chi connectivity index (χ3n) is 3.35. The molecule has 0 aliphatic rings. The Hall–Kier alpha value is -2.83. The number of methoxy groups -OCH3 is 2. The number of hydrogen-bond acceptors (Lipinski definition) is 4. The van der Waals surface area contributed by atoms with Gasteiger partial charge in [-0.15, -0.1) is 0 Å². The zero-order valence-electron chi connectivity index (χ0n) is 13.4. The highest BCUT2D eigenvalue weighted by Crippen LogP contribution is 2.30. The SMILES string of the molecule is COc1cc(C(=O)Nc2ccc(OC(F)F)cc2)cc(OC)c1C. The van der Waals surface area contributed by atoms with Crippen LogP contribution in [0.5, 0.6) is 17.2 Å². The number of alkyl halides is 2. The number of halogens is 2. The topological polar surface area (TPSA) is 56.8 Å². The summed E-state index contributed by atoms with van der Waals surface area (Å²) in [6.45, 7) is -1.07. The first-order chi connectivity index (χ1) is 11.4. The minimum Gasteiger partial charge on any atom is -0.496 e. The zero-order chi connectivity index (χ0) is 17.7. The molecule has 0 aromatic heterocycles. The number of ether oxygens (including phenoxy) is 3. The molecule has 1 N–H and O–H groups in total. The van der Waals surface area contributed by atoms with Crippen LogP contribution in [-0.4, -0.2) is 26.7 Å². The van der Waals surface area contributed by atoms with Crippen molar-refractivity contribution in [1.82, 2.24) is 0 Å². The molecule has 24 heavy (non-hydrogen) atoms. The zero-order valence-corrected chi connectivity index (χ0v) is 13.4. The fourth-order valence-electron chi connectivity index (χ4n) is 2.14. The molecule has 0 unspecified atom stereocenters. The van der Waals surface area contributed by atoms with E-state index in [2.05, 4.69) is 10.1 Å². The molecule has 0 saturated carbocycles. The molecule has 0 atom stereocenters. The van der Waals surface area contributed by atoms with Crippen LogP contribution in [0.25, 0.3) is 0 Å². The molecule has 2 aromatic rings. The molecule has 128 valence electrons. The third-order valence-corrected chi connectivity index (χ3v) is 3.35. The van der Waals surface area contributed by atoms with E-state index in [0.717, 1.165) is 5.56 Å². The number of hydrogen-bond donors (Lipinski definition) is 1. The molecule has 0 spiro atoms. The Morgan fingerprint density at radius 1 is 1.04 bits per heavy atom. The number of rotatable bonds is 6. The summed E-state index contributed by atoms with van der Waals surface area (Å²) in [5, 5.41) is 2.67. The van der Waals surface area contributed by atoms with Crippen molar-refractivity contribution in [3.63, 3.8) is 0 Å². The predicted octanol–water partition coefficient (Wildman–Crippen LogP) is 3.87. The second-order valence-electron chi connectivity index (χ2n) is 4.86. The van der Waals surface area contributed by atoms with Gasteiger partial charge in [0.15, 0.2) is 0 Å². The van der Waals surface area contributed by atoms with Crippen molar-refractivity contribution >= 4 is 11.6 Å². The third kappa shape index (κ3) is 4.13. The summed E-state index contributed by atoms with van der Waals surface area (Å²) in [5.74, 6) is 0.691. The van der Waals surface area contributed by atoms with Crippen molar-refractivity contribution in [2.24, 2.45) is 0 Å². The van der Waals surface area contributed by atoms with Gasteiger partial charge in [0.2, 0.25) is 0 Å². The predicted molar refractivity (Wildman–Crippen MR) is 85.3 cm³/mol. The van der Waals surface area contributed by atoms with Gasteiger partial charge in [0.1, 0.15) is 17.2 Å². The highest BCUT2D eigenvalue weighted by molar-refractivity contribution is 6.05. The minimum absolute atomic E-state index is 0.0154. The first-order valence-electron chi connectivity index (χ1n) is 7.03. The van der Waals surface area contributed by atoms with E-state index in [-0.39, 0.29) is 11.7 Å². The Bertz CT molecular complexity index is 692. The van der Waals surface area contributed by atoms with Gasteiger partial charge < -0.3 is 19.5 Å². The van der Waals surface area contributed by atoms with Crippen LogP contribution in [0.4, 0.5) is 14.5 Å². The summed E-state index contributed by atoms with van der Waals surface area (Å²) in [6, 6.07) is 8.83. The maximum Gasteiger partial charge on any atom is 0.387 e. The van der Waals surface area contributed by atoms with Gasteiger partial charge in [0.05, 0.1) is 14.2 Å². The monoisotopic (exact) mass is 337 g/mol. The van der Waals surface area contributed by atoms with Crippen molar-refractivity contribution < 1.29 is 27.8 Å². The molecule has 7 heteroatoms. The van der Waals surface area contributed by atoms with E-state index in [1.165, 1.54) is 38.5 Å². The molecule has 2 rings (SSSR count). The molecule has 0 aliphatic carbocycles. The normalized spacial score (nSPS) is 10.4. The molecule has 5 nitrogen and oxygen atoms in total.